The molecule has 1 saturated carbocycles. The molecular formula is C18H24O3. The molecule has 1 aliphatic rings. The molecule has 0 radical (unpaired) electrons. The van der Waals surface area contributed by atoms with Crippen LogP contribution < -0.4 is 4.74 Å². The molecule has 1 aromatic rings. The fraction of sp³-hybridized carbons (Fsp3) is 0.500. The Labute approximate surface area is 127 Å². The monoisotopic (exact) mass is 288 g/mol. The van der Waals surface area contributed by atoms with Gasteiger partial charge in [0.15, 0.2) is 0 Å². The van der Waals surface area contributed by atoms with Crippen LogP contribution in [0.25, 0.3) is 0 Å². The average Bonchev–Trinajstić information content (AvgIpc) is 2.54. The van der Waals surface area contributed by atoms with E-state index in [-0.39, 0.29) is 12.1 Å². The molecule has 0 atom stereocenters. The number of rotatable bonds is 6. The summed E-state index contributed by atoms with van der Waals surface area (Å²) in [5.41, 5.74) is 1.35. The SMILES string of the molecule is C=CCCC(=O)O[C@H]1CC[C@H](c2ccc(OC)cc2)CC1. The van der Waals surface area contributed by atoms with Crippen LogP contribution in [0.2, 0.25) is 0 Å². The van der Waals surface area contributed by atoms with Crippen molar-refractivity contribution in [3.63, 3.8) is 0 Å². The lowest BCUT2D eigenvalue weighted by Gasteiger charge is -2.28. The molecule has 3 heteroatoms. The molecule has 1 fully saturated rings. The molecule has 114 valence electrons. The predicted octanol–water partition coefficient (Wildman–Crippen LogP) is 4.23. The molecule has 0 aliphatic heterocycles. The van der Waals surface area contributed by atoms with Gasteiger partial charge in [-0.15, -0.1) is 6.58 Å². The summed E-state index contributed by atoms with van der Waals surface area (Å²) >= 11 is 0. The van der Waals surface area contributed by atoms with Crippen molar-refractivity contribution in [3.05, 3.63) is 42.5 Å². The van der Waals surface area contributed by atoms with Gasteiger partial charge in [0.25, 0.3) is 0 Å². The molecule has 0 amide bonds. The van der Waals surface area contributed by atoms with E-state index in [1.807, 2.05) is 12.1 Å². The fourth-order valence-corrected chi connectivity index (χ4v) is 2.85. The van der Waals surface area contributed by atoms with Crippen LogP contribution in [-0.4, -0.2) is 19.2 Å². The maximum Gasteiger partial charge on any atom is 0.306 e. The van der Waals surface area contributed by atoms with Gasteiger partial charge in [-0.2, -0.15) is 0 Å². The largest absolute Gasteiger partial charge is 0.497 e. The molecule has 0 spiro atoms. The summed E-state index contributed by atoms with van der Waals surface area (Å²) in [6, 6.07) is 8.30. The minimum Gasteiger partial charge on any atom is -0.497 e. The first-order chi connectivity index (χ1) is 10.2. The Morgan fingerprint density at radius 2 is 1.90 bits per heavy atom. The van der Waals surface area contributed by atoms with Crippen LogP contribution >= 0.6 is 0 Å². The Morgan fingerprint density at radius 1 is 1.24 bits per heavy atom. The van der Waals surface area contributed by atoms with E-state index in [0.717, 1.165) is 31.4 Å². The lowest BCUT2D eigenvalue weighted by Crippen LogP contribution is -2.23. The van der Waals surface area contributed by atoms with Gasteiger partial charge in [0, 0.05) is 6.42 Å². The zero-order valence-electron chi connectivity index (χ0n) is 12.7. The second-order valence-corrected chi connectivity index (χ2v) is 5.56. The van der Waals surface area contributed by atoms with Crippen molar-refractivity contribution in [3.8, 4) is 5.75 Å². The molecule has 0 heterocycles. The number of carbonyl (C=O) groups is 1. The summed E-state index contributed by atoms with van der Waals surface area (Å²) in [6.45, 7) is 3.62. The topological polar surface area (TPSA) is 35.5 Å². The molecule has 21 heavy (non-hydrogen) atoms. The highest BCUT2D eigenvalue weighted by Gasteiger charge is 2.24. The molecule has 1 aliphatic carbocycles. The van der Waals surface area contributed by atoms with Gasteiger partial charge in [0.1, 0.15) is 11.9 Å². The zero-order chi connectivity index (χ0) is 15.1. The third-order valence-electron chi connectivity index (χ3n) is 4.11. The van der Waals surface area contributed by atoms with E-state index in [1.165, 1.54) is 5.56 Å². The first-order valence-corrected chi connectivity index (χ1v) is 7.67. The highest BCUT2D eigenvalue weighted by molar-refractivity contribution is 5.69. The van der Waals surface area contributed by atoms with Crippen molar-refractivity contribution in [2.24, 2.45) is 0 Å². The molecule has 3 nitrogen and oxygen atoms in total. The van der Waals surface area contributed by atoms with E-state index < -0.39 is 0 Å². The van der Waals surface area contributed by atoms with E-state index in [9.17, 15) is 4.79 Å². The second-order valence-electron chi connectivity index (χ2n) is 5.56. The van der Waals surface area contributed by atoms with Crippen LogP contribution in [0, 0.1) is 0 Å². The summed E-state index contributed by atoms with van der Waals surface area (Å²) < 4.78 is 10.7. The Hall–Kier alpha value is -1.77. The predicted molar refractivity (Wildman–Crippen MR) is 83.5 cm³/mol. The summed E-state index contributed by atoms with van der Waals surface area (Å²) in [5.74, 6) is 1.37. The number of ether oxygens (including phenoxy) is 2. The minimum atomic E-state index is -0.0946. The van der Waals surface area contributed by atoms with Gasteiger partial charge < -0.3 is 9.47 Å². The maximum atomic E-state index is 11.6. The molecule has 0 N–H and O–H groups in total. The van der Waals surface area contributed by atoms with Gasteiger partial charge in [-0.1, -0.05) is 18.2 Å². The van der Waals surface area contributed by atoms with Crippen LogP contribution in [0.5, 0.6) is 5.75 Å². The number of benzene rings is 1. The Kier molecular flexibility index (Phi) is 5.85. The van der Waals surface area contributed by atoms with Gasteiger partial charge in [-0.25, -0.2) is 0 Å². The van der Waals surface area contributed by atoms with E-state index in [0.29, 0.717) is 18.8 Å². The minimum absolute atomic E-state index is 0.0943. The van der Waals surface area contributed by atoms with Crippen molar-refractivity contribution >= 4 is 5.97 Å². The normalized spacial score (nSPS) is 21.6. The zero-order valence-corrected chi connectivity index (χ0v) is 12.7. The average molecular weight is 288 g/mol. The van der Waals surface area contributed by atoms with Crippen molar-refractivity contribution in [1.29, 1.82) is 0 Å². The van der Waals surface area contributed by atoms with Gasteiger partial charge >= 0.3 is 5.97 Å². The van der Waals surface area contributed by atoms with Crippen LogP contribution in [0.15, 0.2) is 36.9 Å². The lowest BCUT2D eigenvalue weighted by molar-refractivity contribution is -0.150. The Bertz CT molecular complexity index is 456. The van der Waals surface area contributed by atoms with Crippen molar-refractivity contribution in [2.45, 2.75) is 50.5 Å². The number of carbonyl (C=O) groups excluding carboxylic acids is 1. The van der Waals surface area contributed by atoms with Crippen molar-refractivity contribution < 1.29 is 14.3 Å². The Morgan fingerprint density at radius 3 is 2.48 bits per heavy atom. The first-order valence-electron chi connectivity index (χ1n) is 7.67. The highest BCUT2D eigenvalue weighted by Crippen LogP contribution is 2.34. The molecule has 2 rings (SSSR count). The first kappa shape index (κ1) is 15.6. The van der Waals surface area contributed by atoms with E-state index >= 15 is 0 Å². The molecule has 0 unspecified atom stereocenters. The number of allylic oxidation sites excluding steroid dienone is 1. The van der Waals surface area contributed by atoms with Crippen LogP contribution in [0.4, 0.5) is 0 Å². The molecular weight excluding hydrogens is 264 g/mol. The van der Waals surface area contributed by atoms with E-state index in [1.54, 1.807) is 13.2 Å². The highest BCUT2D eigenvalue weighted by atomic mass is 16.5. The van der Waals surface area contributed by atoms with Crippen LogP contribution in [0.1, 0.15) is 50.0 Å². The van der Waals surface area contributed by atoms with Crippen molar-refractivity contribution in [1.82, 2.24) is 0 Å². The van der Waals surface area contributed by atoms with Gasteiger partial charge in [-0.3, -0.25) is 4.79 Å². The standard InChI is InChI=1S/C18H24O3/c1-3-4-5-18(19)21-17-12-8-15(9-13-17)14-6-10-16(20-2)11-7-14/h3,6-7,10-11,15,17H,1,4-5,8-9,12-13H2,2H3/t15-,17-. The van der Waals surface area contributed by atoms with E-state index in [2.05, 4.69) is 18.7 Å². The molecule has 1 aromatic carbocycles. The van der Waals surface area contributed by atoms with Crippen molar-refractivity contribution in [2.75, 3.05) is 7.11 Å². The quantitative estimate of drug-likeness (QED) is 0.580. The maximum absolute atomic E-state index is 11.6. The second kappa shape index (κ2) is 7.87. The summed E-state index contributed by atoms with van der Waals surface area (Å²) in [7, 11) is 1.68. The van der Waals surface area contributed by atoms with Crippen LogP contribution in [0.3, 0.4) is 0 Å². The molecule has 0 bridgehead atoms. The number of hydrogen-bond acceptors (Lipinski definition) is 3. The van der Waals surface area contributed by atoms with Gasteiger partial charge in [0.05, 0.1) is 7.11 Å². The Balaban J connectivity index is 1.79. The lowest BCUT2D eigenvalue weighted by atomic mass is 9.83. The summed E-state index contributed by atoms with van der Waals surface area (Å²) in [4.78, 5) is 11.6. The number of esters is 1. The third kappa shape index (κ3) is 4.62. The van der Waals surface area contributed by atoms with Crippen LogP contribution in [-0.2, 0) is 9.53 Å². The smallest absolute Gasteiger partial charge is 0.306 e. The molecule has 0 saturated heterocycles. The van der Waals surface area contributed by atoms with Gasteiger partial charge in [0.2, 0.25) is 0 Å². The molecule has 0 aromatic heterocycles. The van der Waals surface area contributed by atoms with E-state index in [4.69, 9.17) is 9.47 Å². The summed E-state index contributed by atoms with van der Waals surface area (Å²) in [6.07, 6.45) is 7.05. The fourth-order valence-electron chi connectivity index (χ4n) is 2.85. The number of methoxy groups -OCH3 is 1. The summed E-state index contributed by atoms with van der Waals surface area (Å²) in [5, 5.41) is 0. The van der Waals surface area contributed by atoms with Gasteiger partial charge in [-0.05, 0) is 55.7 Å². The third-order valence-corrected chi connectivity index (χ3v) is 4.11. The number of hydrogen-bond donors (Lipinski definition) is 0.